The standard InChI is InChI=1S/C5H5N.C4H4N2O3S.AsFH2/c1-2-4-6-5-3-1;7-10(8,9)4-5-2-1-3-6-4;1-2/h1-5H;1-3H,(H,7,8,9);1H2. The molecule has 1 unspecified atom stereocenters. The van der Waals surface area contributed by atoms with Gasteiger partial charge >= 0.3 is 30.9 Å². The summed E-state index contributed by atoms with van der Waals surface area (Å²) in [7, 11) is -4.23. The van der Waals surface area contributed by atoms with Gasteiger partial charge < -0.3 is 0 Å². The Hall–Kier alpha value is -1.37. The van der Waals surface area contributed by atoms with Crippen molar-refractivity contribution in [2.24, 2.45) is 0 Å². The molecule has 6 nitrogen and oxygen atoms in total. The van der Waals surface area contributed by atoms with E-state index in [4.69, 9.17) is 4.55 Å². The molecule has 2 heterocycles. The maximum atomic E-state index is 10.3. The molecular formula is C9H11AsFN3O3S. The molecule has 2 aromatic heterocycles. The molecule has 1 atom stereocenters. The number of aromatic nitrogens is 3. The molecule has 2 rings (SSSR count). The Labute approximate surface area is 113 Å². The fourth-order valence-corrected chi connectivity index (χ4v) is 1.12. The molecule has 9 heteroatoms. The molecule has 0 saturated carbocycles. The molecule has 0 spiro atoms. The first-order valence-corrected chi connectivity index (χ1v) is 6.77. The van der Waals surface area contributed by atoms with E-state index in [1.165, 1.54) is 18.5 Å². The van der Waals surface area contributed by atoms with E-state index in [2.05, 4.69) is 15.0 Å². The van der Waals surface area contributed by atoms with Gasteiger partial charge in [0.25, 0.3) is 5.16 Å². The van der Waals surface area contributed by atoms with Crippen molar-refractivity contribution < 1.29 is 16.4 Å². The summed E-state index contributed by atoms with van der Waals surface area (Å²) in [4.78, 5) is 10.4. The summed E-state index contributed by atoms with van der Waals surface area (Å²) < 4.78 is 38.4. The van der Waals surface area contributed by atoms with E-state index in [9.17, 15) is 11.9 Å². The van der Waals surface area contributed by atoms with E-state index in [0.29, 0.717) is 0 Å². The first kappa shape index (κ1) is 16.6. The van der Waals surface area contributed by atoms with Gasteiger partial charge in [-0.3, -0.25) is 9.54 Å². The Bertz CT molecular complexity index is 486. The van der Waals surface area contributed by atoms with E-state index in [-0.39, 0.29) is 17.3 Å². The van der Waals surface area contributed by atoms with Crippen molar-refractivity contribution in [2.45, 2.75) is 5.16 Å². The zero-order chi connectivity index (χ0) is 13.9. The van der Waals surface area contributed by atoms with Crippen molar-refractivity contribution in [3.8, 4) is 0 Å². The minimum Gasteiger partial charge on any atom is -0.279 e. The maximum Gasteiger partial charge on any atom is 0.330 e. The van der Waals surface area contributed by atoms with E-state index in [1.54, 1.807) is 12.4 Å². The predicted octanol–water partition coefficient (Wildman–Crippen LogP) is 0.309. The van der Waals surface area contributed by atoms with E-state index in [1.807, 2.05) is 18.2 Å². The topological polar surface area (TPSA) is 93.0 Å². The smallest absolute Gasteiger partial charge is 0.279 e. The van der Waals surface area contributed by atoms with Crippen molar-refractivity contribution in [3.63, 3.8) is 0 Å². The van der Waals surface area contributed by atoms with Gasteiger partial charge in [0.1, 0.15) is 0 Å². The Morgan fingerprint density at radius 2 is 1.44 bits per heavy atom. The first-order valence-electron chi connectivity index (χ1n) is 4.42. The molecule has 0 saturated heterocycles. The Morgan fingerprint density at radius 1 is 0.944 bits per heavy atom. The van der Waals surface area contributed by atoms with Crippen molar-refractivity contribution in [1.82, 2.24) is 15.0 Å². The van der Waals surface area contributed by atoms with Gasteiger partial charge in [-0.2, -0.15) is 8.42 Å². The molecule has 98 valence electrons. The van der Waals surface area contributed by atoms with Gasteiger partial charge in [-0.05, 0) is 18.2 Å². The summed E-state index contributed by atoms with van der Waals surface area (Å²) in [6.45, 7) is 0. The Balaban J connectivity index is 0.000000308. The number of rotatable bonds is 1. The Morgan fingerprint density at radius 3 is 1.67 bits per heavy atom. The molecule has 0 fully saturated rings. The SMILES string of the molecule is F[AsH2].O=S(=O)(O)c1ncccn1.c1ccncc1. The molecule has 1 N–H and O–H groups in total. The fraction of sp³-hybridized carbons (Fsp3) is 0. The van der Waals surface area contributed by atoms with Gasteiger partial charge in [0.15, 0.2) is 0 Å². The second-order valence-corrected chi connectivity index (χ2v) is 3.85. The minimum atomic E-state index is -4.23. The van der Waals surface area contributed by atoms with Crippen LogP contribution in [0.3, 0.4) is 0 Å². The van der Waals surface area contributed by atoms with Crippen LogP contribution in [-0.2, 0) is 10.1 Å². The fourth-order valence-electron chi connectivity index (χ4n) is 0.731. The first-order chi connectivity index (χ1) is 8.61. The normalized spacial score (nSPS) is 9.28. The Kier molecular flexibility index (Phi) is 8.90. The average molecular weight is 335 g/mol. The van der Waals surface area contributed by atoms with Crippen LogP contribution in [0.15, 0.2) is 54.2 Å². The van der Waals surface area contributed by atoms with Crippen LogP contribution in [0.25, 0.3) is 0 Å². The predicted molar refractivity (Wildman–Crippen MR) is 65.7 cm³/mol. The number of halogens is 1. The monoisotopic (exact) mass is 335 g/mol. The van der Waals surface area contributed by atoms with Crippen molar-refractivity contribution in [2.75, 3.05) is 0 Å². The van der Waals surface area contributed by atoms with Crippen LogP contribution in [0.5, 0.6) is 0 Å². The summed E-state index contributed by atoms with van der Waals surface area (Å²) in [6.07, 6.45) is 5.96. The molecule has 0 bridgehead atoms. The zero-order valence-electron chi connectivity index (χ0n) is 9.09. The third-order valence-corrected chi connectivity index (χ3v) is 2.01. The van der Waals surface area contributed by atoms with Gasteiger partial charge in [0, 0.05) is 24.8 Å². The van der Waals surface area contributed by atoms with Crippen LogP contribution in [0, 0.1) is 0 Å². The molecule has 0 radical (unpaired) electrons. The molecule has 0 aromatic carbocycles. The molecule has 0 aliphatic carbocycles. The van der Waals surface area contributed by atoms with Crippen LogP contribution < -0.4 is 0 Å². The summed E-state index contributed by atoms with van der Waals surface area (Å²) in [5.74, 6) is 0. The average Bonchev–Trinajstić information content (AvgIpc) is 2.44. The van der Waals surface area contributed by atoms with Crippen LogP contribution in [0.4, 0.5) is 3.47 Å². The van der Waals surface area contributed by atoms with Crippen LogP contribution in [0.2, 0.25) is 0 Å². The number of pyridine rings is 1. The van der Waals surface area contributed by atoms with E-state index in [0.717, 1.165) is 0 Å². The quantitative estimate of drug-likeness (QED) is 0.458. The van der Waals surface area contributed by atoms with Crippen molar-refractivity contribution in [3.05, 3.63) is 49.1 Å². The third kappa shape index (κ3) is 7.83. The second kappa shape index (κ2) is 9.64. The van der Waals surface area contributed by atoms with Gasteiger partial charge in [-0.25, -0.2) is 9.97 Å². The summed E-state index contributed by atoms with van der Waals surface area (Å²) in [6, 6.07) is 7.17. The summed E-state index contributed by atoms with van der Waals surface area (Å²) >= 11 is 0.188. The van der Waals surface area contributed by atoms with Gasteiger partial charge in [-0.15, -0.1) is 0 Å². The molecular weight excluding hydrogens is 324 g/mol. The molecule has 0 amide bonds. The van der Waals surface area contributed by atoms with E-state index < -0.39 is 15.3 Å². The second-order valence-electron chi connectivity index (χ2n) is 2.53. The van der Waals surface area contributed by atoms with Crippen molar-refractivity contribution >= 4 is 27.4 Å². The molecule has 18 heavy (non-hydrogen) atoms. The van der Waals surface area contributed by atoms with Gasteiger partial charge in [0.2, 0.25) is 0 Å². The maximum absolute atomic E-state index is 10.3. The molecule has 0 aliphatic heterocycles. The minimum absolute atomic E-state index is 0.188. The largest absolute Gasteiger partial charge is 0.330 e. The zero-order valence-corrected chi connectivity index (χ0v) is 12.3. The van der Waals surface area contributed by atoms with Gasteiger partial charge in [0.05, 0.1) is 0 Å². The third-order valence-electron chi connectivity index (χ3n) is 1.34. The molecule has 2 aromatic rings. The summed E-state index contributed by atoms with van der Waals surface area (Å²) in [5, 5.41) is -0.574. The summed E-state index contributed by atoms with van der Waals surface area (Å²) in [5.41, 5.74) is 0. The van der Waals surface area contributed by atoms with Crippen LogP contribution in [0.1, 0.15) is 0 Å². The van der Waals surface area contributed by atoms with Crippen LogP contribution in [-0.4, -0.2) is 45.2 Å². The van der Waals surface area contributed by atoms with Crippen molar-refractivity contribution in [1.29, 1.82) is 0 Å². The number of nitrogens with zero attached hydrogens (tertiary/aromatic N) is 3. The number of hydrogen-bond donors (Lipinski definition) is 1. The van der Waals surface area contributed by atoms with Gasteiger partial charge in [-0.1, -0.05) is 6.07 Å². The molecule has 0 aliphatic rings. The number of hydrogen-bond acceptors (Lipinski definition) is 5. The van der Waals surface area contributed by atoms with E-state index >= 15 is 0 Å². The van der Waals surface area contributed by atoms with Crippen LogP contribution >= 0.6 is 0 Å².